The van der Waals surface area contributed by atoms with Crippen molar-refractivity contribution in [2.45, 2.75) is 27.2 Å². The van der Waals surface area contributed by atoms with Crippen LogP contribution in [0, 0.1) is 6.92 Å². The lowest BCUT2D eigenvalue weighted by atomic mass is 10.1. The molecule has 0 aliphatic rings. The summed E-state index contributed by atoms with van der Waals surface area (Å²) in [6.45, 7) is 6.29. The van der Waals surface area contributed by atoms with Gasteiger partial charge in [-0.05, 0) is 92.1 Å². The number of hydrogen-bond acceptors (Lipinski definition) is 6. The van der Waals surface area contributed by atoms with Gasteiger partial charge in [0.25, 0.3) is 5.91 Å². The van der Waals surface area contributed by atoms with Crippen molar-refractivity contribution in [3.05, 3.63) is 71.3 Å². The molecule has 174 valence electrons. The molecule has 0 atom stereocenters. The first-order chi connectivity index (χ1) is 16.4. The van der Waals surface area contributed by atoms with Crippen LogP contribution in [0.1, 0.15) is 35.3 Å². The second-order valence-electron chi connectivity index (χ2n) is 7.73. The van der Waals surface area contributed by atoms with Crippen LogP contribution in [-0.4, -0.2) is 27.7 Å². The average Bonchev–Trinajstić information content (AvgIpc) is 3.25. The van der Waals surface area contributed by atoms with Gasteiger partial charge in [0.05, 0.1) is 12.2 Å². The molecule has 0 unspecified atom stereocenters. The molecular weight excluding hydrogens is 450 g/mol. The van der Waals surface area contributed by atoms with Gasteiger partial charge >= 0.3 is 0 Å². The quantitative estimate of drug-likeness (QED) is 0.247. The number of benzene rings is 3. The number of amides is 1. The van der Waals surface area contributed by atoms with Crippen LogP contribution in [0.4, 0.5) is 5.69 Å². The van der Waals surface area contributed by atoms with Crippen molar-refractivity contribution >= 4 is 40.0 Å². The molecule has 0 saturated heterocycles. The highest BCUT2D eigenvalue weighted by Crippen LogP contribution is 2.36. The van der Waals surface area contributed by atoms with Crippen molar-refractivity contribution in [1.82, 2.24) is 10.3 Å². The minimum Gasteiger partial charge on any atom is -0.507 e. The molecule has 3 N–H and O–H groups in total. The Kier molecular flexibility index (Phi) is 6.79. The number of nitrogens with one attached hydrogen (secondary N) is 2. The number of rotatable bonds is 6. The largest absolute Gasteiger partial charge is 0.507 e. The number of carbonyl (C=O) groups excluding carboxylic acids is 1. The van der Waals surface area contributed by atoms with Crippen LogP contribution >= 0.6 is 12.2 Å². The van der Waals surface area contributed by atoms with Gasteiger partial charge in [-0.3, -0.25) is 10.1 Å². The highest BCUT2D eigenvalue weighted by molar-refractivity contribution is 7.80. The van der Waals surface area contributed by atoms with Crippen molar-refractivity contribution in [3.8, 4) is 23.0 Å². The molecule has 0 radical (unpaired) electrons. The summed E-state index contributed by atoms with van der Waals surface area (Å²) < 4.78 is 11.3. The Labute approximate surface area is 202 Å². The molecule has 0 spiro atoms. The summed E-state index contributed by atoms with van der Waals surface area (Å²) in [5.41, 5.74) is 4.59. The monoisotopic (exact) mass is 475 g/mol. The molecule has 0 aliphatic carbocycles. The maximum Gasteiger partial charge on any atom is 0.257 e. The van der Waals surface area contributed by atoms with Gasteiger partial charge in [0.1, 0.15) is 17.0 Å². The van der Waals surface area contributed by atoms with E-state index in [1.165, 1.54) is 0 Å². The summed E-state index contributed by atoms with van der Waals surface area (Å²) in [6, 6.07) is 16.1. The number of nitrogens with zero attached hydrogens (tertiary/aromatic N) is 1. The van der Waals surface area contributed by atoms with Gasteiger partial charge in [-0.1, -0.05) is 13.0 Å². The number of aromatic hydroxyl groups is 1. The van der Waals surface area contributed by atoms with E-state index in [1.807, 2.05) is 25.1 Å². The van der Waals surface area contributed by atoms with Gasteiger partial charge < -0.3 is 19.6 Å². The zero-order valence-electron chi connectivity index (χ0n) is 19.1. The predicted molar refractivity (Wildman–Crippen MR) is 137 cm³/mol. The van der Waals surface area contributed by atoms with E-state index in [4.69, 9.17) is 21.4 Å². The molecule has 7 nitrogen and oxygen atoms in total. The van der Waals surface area contributed by atoms with Crippen LogP contribution in [0.15, 0.2) is 59.0 Å². The number of carbonyl (C=O) groups is 1. The van der Waals surface area contributed by atoms with E-state index in [0.29, 0.717) is 46.2 Å². The number of hydrogen-bond donors (Lipinski definition) is 3. The molecular formula is C26H25N3O4S. The fourth-order valence-electron chi connectivity index (χ4n) is 3.53. The fourth-order valence-corrected chi connectivity index (χ4v) is 3.74. The lowest BCUT2D eigenvalue weighted by Gasteiger charge is -2.13. The first kappa shape index (κ1) is 23.3. The van der Waals surface area contributed by atoms with Crippen molar-refractivity contribution in [3.63, 3.8) is 0 Å². The molecule has 0 bridgehead atoms. The number of anilines is 1. The average molecular weight is 476 g/mol. The standard InChI is InChI=1S/C26H25N3O4S/c1-4-16-6-11-22-21(13-16)28-25(33-22)20-14-18(12-15(3)23(20)30)27-26(34)29-24(31)17-7-9-19(10-8-17)32-5-2/h6-14,30H,4-5H2,1-3H3,(H2,27,29,31,34). The molecule has 4 aromatic rings. The summed E-state index contributed by atoms with van der Waals surface area (Å²) in [6.07, 6.45) is 0.891. The number of fused-ring (bicyclic) bond motifs is 1. The van der Waals surface area contributed by atoms with Gasteiger partial charge in [0, 0.05) is 11.3 Å². The first-order valence-electron chi connectivity index (χ1n) is 11.0. The van der Waals surface area contributed by atoms with E-state index < -0.39 is 0 Å². The van der Waals surface area contributed by atoms with Crippen molar-refractivity contribution in [2.24, 2.45) is 0 Å². The van der Waals surface area contributed by atoms with E-state index in [0.717, 1.165) is 17.5 Å². The SMILES string of the molecule is CCOc1ccc(C(=O)NC(=S)Nc2cc(C)c(O)c(-c3nc4cc(CC)ccc4o3)c2)cc1. The maximum atomic E-state index is 12.5. The fraction of sp³-hybridized carbons (Fsp3) is 0.192. The minimum absolute atomic E-state index is 0.0668. The molecule has 0 aliphatic heterocycles. The Morgan fingerprint density at radius 2 is 1.88 bits per heavy atom. The molecule has 4 rings (SSSR count). The van der Waals surface area contributed by atoms with Crippen LogP contribution in [-0.2, 0) is 6.42 Å². The van der Waals surface area contributed by atoms with Crippen molar-refractivity contribution < 1.29 is 19.1 Å². The molecule has 0 fully saturated rings. The minimum atomic E-state index is -0.345. The van der Waals surface area contributed by atoms with Gasteiger partial charge in [-0.15, -0.1) is 0 Å². The van der Waals surface area contributed by atoms with Gasteiger partial charge in [0.15, 0.2) is 10.7 Å². The van der Waals surface area contributed by atoms with Crippen LogP contribution in [0.3, 0.4) is 0 Å². The second kappa shape index (κ2) is 9.93. The summed E-state index contributed by atoms with van der Waals surface area (Å²) in [5.74, 6) is 0.716. The molecule has 3 aromatic carbocycles. The lowest BCUT2D eigenvalue weighted by Crippen LogP contribution is -2.34. The number of phenols is 1. The number of ether oxygens (including phenoxy) is 1. The third-order valence-corrected chi connectivity index (χ3v) is 5.51. The van der Waals surface area contributed by atoms with Crippen molar-refractivity contribution in [1.29, 1.82) is 0 Å². The molecule has 8 heteroatoms. The number of phenolic OH excluding ortho intramolecular Hbond substituents is 1. The predicted octanol–water partition coefficient (Wildman–Crippen LogP) is 5.60. The second-order valence-corrected chi connectivity index (χ2v) is 8.14. The van der Waals surface area contributed by atoms with Crippen LogP contribution in [0.5, 0.6) is 11.5 Å². The zero-order chi connectivity index (χ0) is 24.2. The zero-order valence-corrected chi connectivity index (χ0v) is 20.0. The highest BCUT2D eigenvalue weighted by atomic mass is 32.1. The molecule has 1 heterocycles. The van der Waals surface area contributed by atoms with Gasteiger partial charge in [-0.2, -0.15) is 0 Å². The third kappa shape index (κ3) is 5.02. The van der Waals surface area contributed by atoms with Gasteiger partial charge in [0.2, 0.25) is 5.89 Å². The highest BCUT2D eigenvalue weighted by Gasteiger charge is 2.17. The van der Waals surface area contributed by atoms with Gasteiger partial charge in [-0.25, -0.2) is 4.98 Å². The number of aromatic nitrogens is 1. The molecule has 34 heavy (non-hydrogen) atoms. The topological polar surface area (TPSA) is 96.6 Å². The number of oxazole rings is 1. The number of aryl methyl sites for hydroxylation is 2. The Bertz CT molecular complexity index is 1360. The molecule has 1 aromatic heterocycles. The third-order valence-electron chi connectivity index (χ3n) is 5.30. The lowest BCUT2D eigenvalue weighted by molar-refractivity contribution is 0.0977. The van der Waals surface area contributed by atoms with Crippen LogP contribution < -0.4 is 15.4 Å². The van der Waals surface area contributed by atoms with E-state index in [2.05, 4.69) is 22.5 Å². The Hall–Kier alpha value is -3.91. The Balaban J connectivity index is 1.52. The summed E-state index contributed by atoms with van der Waals surface area (Å²) in [7, 11) is 0. The first-order valence-corrected chi connectivity index (χ1v) is 11.4. The Morgan fingerprint density at radius 3 is 2.59 bits per heavy atom. The smallest absolute Gasteiger partial charge is 0.257 e. The van der Waals surface area contributed by atoms with E-state index >= 15 is 0 Å². The maximum absolute atomic E-state index is 12.5. The van der Waals surface area contributed by atoms with E-state index in [9.17, 15) is 9.90 Å². The normalized spacial score (nSPS) is 10.8. The summed E-state index contributed by atoms with van der Waals surface area (Å²) >= 11 is 5.33. The van der Waals surface area contributed by atoms with Crippen molar-refractivity contribution in [2.75, 3.05) is 11.9 Å². The Morgan fingerprint density at radius 1 is 1.12 bits per heavy atom. The molecule has 0 saturated carbocycles. The van der Waals surface area contributed by atoms with E-state index in [-0.39, 0.29) is 16.8 Å². The van der Waals surface area contributed by atoms with Crippen LogP contribution in [0.25, 0.3) is 22.6 Å². The number of thiocarbonyl (C=S) groups is 1. The summed E-state index contributed by atoms with van der Waals surface area (Å²) in [4.78, 5) is 17.1. The molecule has 1 amide bonds. The van der Waals surface area contributed by atoms with E-state index in [1.54, 1.807) is 43.3 Å². The van der Waals surface area contributed by atoms with Crippen LogP contribution in [0.2, 0.25) is 0 Å². The summed E-state index contributed by atoms with van der Waals surface area (Å²) in [5, 5.41) is 16.4.